The fraction of sp³-hybridized carbons (Fsp3) is 0.615. The van der Waals surface area contributed by atoms with Gasteiger partial charge in [0.05, 0.1) is 37.8 Å². The van der Waals surface area contributed by atoms with Crippen LogP contribution in [0, 0.1) is 0 Å². The SMILES string of the molecule is COc1cccc2c1S(=O)(=O)Cc1c(C(=O)N3CCOCC3)nn([C@H]3CCCN(CCN4CC(F)C4)C3)c1-2. The standard InChI is InChI=1S/C26H34FN5O5S/c1-36-22-6-2-5-20-24-21(17-38(34,35)25(20)22)23(26(33)31-10-12-37-13-11-31)28-32(24)19-4-3-7-29(16-19)8-9-30-14-18(27)15-30/h2,5-6,18-19H,3-4,7-17H2,1H3/t19-/m0/s1. The third kappa shape index (κ3) is 4.61. The lowest BCUT2D eigenvalue weighted by molar-refractivity contribution is 0.0297. The van der Waals surface area contributed by atoms with E-state index in [-0.39, 0.29) is 28.3 Å². The van der Waals surface area contributed by atoms with Crippen molar-refractivity contribution in [3.63, 3.8) is 0 Å². The molecule has 0 aliphatic carbocycles. The number of likely N-dealkylation sites (tertiary alicyclic amines) is 2. The number of carbonyl (C=O) groups is 1. The second kappa shape index (κ2) is 10.2. The number of piperidine rings is 1. The van der Waals surface area contributed by atoms with Gasteiger partial charge in [-0.25, -0.2) is 12.8 Å². The summed E-state index contributed by atoms with van der Waals surface area (Å²) in [5, 5.41) is 4.87. The lowest BCUT2D eigenvalue weighted by atomic mass is 10.0. The van der Waals surface area contributed by atoms with Crippen molar-refractivity contribution in [1.29, 1.82) is 0 Å². The number of hydrogen-bond acceptors (Lipinski definition) is 8. The normalized spacial score (nSPS) is 23.9. The third-order valence-corrected chi connectivity index (χ3v) is 9.79. The highest BCUT2D eigenvalue weighted by molar-refractivity contribution is 7.91. The highest BCUT2D eigenvalue weighted by atomic mass is 32.2. The molecule has 0 unspecified atom stereocenters. The van der Waals surface area contributed by atoms with Gasteiger partial charge in [-0.3, -0.25) is 19.3 Å². The van der Waals surface area contributed by atoms with Gasteiger partial charge in [0.25, 0.3) is 5.91 Å². The molecule has 0 spiro atoms. The third-order valence-electron chi connectivity index (χ3n) is 8.08. The molecule has 4 aliphatic heterocycles. The predicted molar refractivity (Wildman–Crippen MR) is 138 cm³/mol. The van der Waals surface area contributed by atoms with Crippen molar-refractivity contribution in [3.8, 4) is 17.0 Å². The number of ether oxygens (including phenoxy) is 2. The van der Waals surface area contributed by atoms with Gasteiger partial charge >= 0.3 is 0 Å². The number of aromatic nitrogens is 2. The summed E-state index contributed by atoms with van der Waals surface area (Å²) in [4.78, 5) is 20.0. The molecule has 0 radical (unpaired) electrons. The number of halogens is 1. The van der Waals surface area contributed by atoms with Crippen LogP contribution in [0.5, 0.6) is 5.75 Å². The summed E-state index contributed by atoms with van der Waals surface area (Å²) in [7, 11) is -2.29. The summed E-state index contributed by atoms with van der Waals surface area (Å²) in [6.45, 7) is 6.15. The molecule has 206 valence electrons. The molecule has 3 saturated heterocycles. The smallest absolute Gasteiger partial charge is 0.274 e. The summed E-state index contributed by atoms with van der Waals surface area (Å²) in [5.41, 5.74) is 1.91. The van der Waals surface area contributed by atoms with E-state index in [0.29, 0.717) is 62.0 Å². The van der Waals surface area contributed by atoms with Gasteiger partial charge in [-0.15, -0.1) is 0 Å². The molecule has 0 saturated carbocycles. The Morgan fingerprint density at radius 3 is 2.63 bits per heavy atom. The van der Waals surface area contributed by atoms with Crippen molar-refractivity contribution in [2.24, 2.45) is 0 Å². The molecule has 5 heterocycles. The van der Waals surface area contributed by atoms with Gasteiger partial charge in [0.1, 0.15) is 16.8 Å². The minimum Gasteiger partial charge on any atom is -0.495 e. The molecule has 3 fully saturated rings. The molecule has 0 N–H and O–H groups in total. The van der Waals surface area contributed by atoms with Crippen LogP contribution in [0.4, 0.5) is 4.39 Å². The summed E-state index contributed by atoms with van der Waals surface area (Å²) in [6.07, 6.45) is 1.12. The molecule has 4 aliphatic rings. The van der Waals surface area contributed by atoms with Gasteiger partial charge in [0.15, 0.2) is 15.5 Å². The van der Waals surface area contributed by atoms with Crippen LogP contribution in [0.3, 0.4) is 0 Å². The van der Waals surface area contributed by atoms with Crippen molar-refractivity contribution in [1.82, 2.24) is 24.5 Å². The highest BCUT2D eigenvalue weighted by Crippen LogP contribution is 2.45. The topological polar surface area (TPSA) is 97.2 Å². The Hall–Kier alpha value is -2.54. The number of benzene rings is 1. The molecule has 12 heteroatoms. The van der Waals surface area contributed by atoms with Crippen LogP contribution in [-0.2, 0) is 20.3 Å². The lowest BCUT2D eigenvalue weighted by Crippen LogP contribution is -2.51. The number of carbonyl (C=O) groups excluding carboxylic acids is 1. The van der Waals surface area contributed by atoms with Crippen LogP contribution in [0.2, 0.25) is 0 Å². The van der Waals surface area contributed by atoms with Gasteiger partial charge in [0.2, 0.25) is 0 Å². The Balaban J connectivity index is 1.39. The van der Waals surface area contributed by atoms with E-state index in [2.05, 4.69) is 9.80 Å². The van der Waals surface area contributed by atoms with E-state index >= 15 is 0 Å². The van der Waals surface area contributed by atoms with Gasteiger partial charge < -0.3 is 14.4 Å². The van der Waals surface area contributed by atoms with Crippen molar-refractivity contribution in [2.45, 2.75) is 35.7 Å². The van der Waals surface area contributed by atoms with E-state index < -0.39 is 16.0 Å². The van der Waals surface area contributed by atoms with Gasteiger partial charge in [-0.05, 0) is 25.5 Å². The van der Waals surface area contributed by atoms with E-state index in [1.807, 2.05) is 4.68 Å². The number of hydrogen-bond donors (Lipinski definition) is 0. The summed E-state index contributed by atoms with van der Waals surface area (Å²) < 4.78 is 53.0. The first kappa shape index (κ1) is 25.7. The molecular weight excluding hydrogens is 513 g/mol. The van der Waals surface area contributed by atoms with E-state index in [1.54, 1.807) is 23.1 Å². The van der Waals surface area contributed by atoms with Crippen molar-refractivity contribution in [3.05, 3.63) is 29.5 Å². The molecule has 38 heavy (non-hydrogen) atoms. The predicted octanol–water partition coefficient (Wildman–Crippen LogP) is 1.61. The monoisotopic (exact) mass is 547 g/mol. The first-order valence-electron chi connectivity index (χ1n) is 13.3. The second-order valence-corrected chi connectivity index (χ2v) is 12.5. The van der Waals surface area contributed by atoms with Gasteiger partial charge in [0, 0.05) is 56.9 Å². The number of nitrogens with zero attached hydrogens (tertiary/aromatic N) is 5. The Bertz CT molecular complexity index is 1320. The summed E-state index contributed by atoms with van der Waals surface area (Å²) >= 11 is 0. The number of amides is 1. The van der Waals surface area contributed by atoms with Gasteiger partial charge in [-0.1, -0.05) is 12.1 Å². The average molecular weight is 548 g/mol. The Labute approximate surface area is 222 Å². The number of sulfone groups is 1. The van der Waals surface area contributed by atoms with Crippen LogP contribution in [0.1, 0.15) is 34.9 Å². The number of fused-ring (bicyclic) bond motifs is 3. The minimum atomic E-state index is -3.75. The van der Waals surface area contributed by atoms with Crippen molar-refractivity contribution < 1.29 is 27.1 Å². The molecule has 1 atom stereocenters. The van der Waals surface area contributed by atoms with Crippen LogP contribution < -0.4 is 4.74 Å². The fourth-order valence-electron chi connectivity index (χ4n) is 6.10. The van der Waals surface area contributed by atoms with Gasteiger partial charge in [-0.2, -0.15) is 5.10 Å². The average Bonchev–Trinajstić information content (AvgIpc) is 3.29. The van der Waals surface area contributed by atoms with E-state index in [9.17, 15) is 17.6 Å². The molecule has 6 rings (SSSR count). The highest BCUT2D eigenvalue weighted by Gasteiger charge is 2.40. The lowest BCUT2D eigenvalue weighted by Gasteiger charge is -2.38. The van der Waals surface area contributed by atoms with E-state index in [4.69, 9.17) is 14.6 Å². The molecule has 2 aromatic rings. The second-order valence-electron chi connectivity index (χ2n) is 10.6. The van der Waals surface area contributed by atoms with Crippen LogP contribution in [-0.4, -0.2) is 118 Å². The largest absolute Gasteiger partial charge is 0.495 e. The molecular formula is C26H34FN5O5S. The first-order valence-corrected chi connectivity index (χ1v) is 15.0. The van der Waals surface area contributed by atoms with Crippen LogP contribution >= 0.6 is 0 Å². The fourth-order valence-corrected chi connectivity index (χ4v) is 7.85. The van der Waals surface area contributed by atoms with Crippen molar-refractivity contribution >= 4 is 15.7 Å². The van der Waals surface area contributed by atoms with Crippen LogP contribution in [0.15, 0.2) is 23.1 Å². The molecule has 10 nitrogen and oxygen atoms in total. The maximum absolute atomic E-state index is 13.7. The quantitative estimate of drug-likeness (QED) is 0.538. The number of methoxy groups -OCH3 is 1. The van der Waals surface area contributed by atoms with Crippen LogP contribution in [0.25, 0.3) is 11.3 Å². The maximum atomic E-state index is 13.7. The van der Waals surface area contributed by atoms with E-state index in [0.717, 1.165) is 39.0 Å². The Kier molecular flexibility index (Phi) is 6.91. The summed E-state index contributed by atoms with van der Waals surface area (Å²) in [5.74, 6) is -0.249. The maximum Gasteiger partial charge on any atom is 0.274 e. The van der Waals surface area contributed by atoms with Crippen molar-refractivity contribution in [2.75, 3.05) is 72.7 Å². The first-order chi connectivity index (χ1) is 18.4. The zero-order valence-corrected chi connectivity index (χ0v) is 22.5. The zero-order valence-electron chi connectivity index (χ0n) is 21.6. The summed E-state index contributed by atoms with van der Waals surface area (Å²) in [6, 6.07) is 5.20. The molecule has 0 bridgehead atoms. The number of morpholine rings is 1. The number of rotatable bonds is 6. The molecule has 1 amide bonds. The number of alkyl halides is 1. The molecule has 1 aromatic heterocycles. The Morgan fingerprint density at radius 1 is 1.13 bits per heavy atom. The Morgan fingerprint density at radius 2 is 1.89 bits per heavy atom. The zero-order chi connectivity index (χ0) is 26.4. The molecule has 1 aromatic carbocycles. The van der Waals surface area contributed by atoms with E-state index in [1.165, 1.54) is 7.11 Å². The minimum absolute atomic E-state index is 0.0195.